The highest BCUT2D eigenvalue weighted by Crippen LogP contribution is 2.27. The molecule has 2 aromatic rings. The van der Waals surface area contributed by atoms with E-state index in [2.05, 4.69) is 20.6 Å². The number of hydrogen-bond donors (Lipinski definition) is 2. The quantitative estimate of drug-likeness (QED) is 0.906. The van der Waals surface area contributed by atoms with Crippen molar-refractivity contribution in [3.63, 3.8) is 0 Å². The van der Waals surface area contributed by atoms with Gasteiger partial charge in [0.2, 0.25) is 0 Å². The molecule has 2 aromatic heterocycles. The Hall–Kier alpha value is -2.57. The van der Waals surface area contributed by atoms with Crippen molar-refractivity contribution in [2.24, 2.45) is 0 Å². The molecule has 112 valence electrons. The summed E-state index contributed by atoms with van der Waals surface area (Å²) in [6.07, 6.45) is 3.30. The summed E-state index contributed by atoms with van der Waals surface area (Å²) in [5.74, 6) is 1.22. The Labute approximate surface area is 123 Å². The number of carbonyl (C=O) groups is 1. The van der Waals surface area contributed by atoms with Crippen molar-refractivity contribution in [1.82, 2.24) is 15.3 Å². The molecule has 0 spiro atoms. The minimum atomic E-state index is -0.264. The topological polar surface area (TPSA) is 83.3 Å². The average molecular weight is 289 g/mol. The Kier molecular flexibility index (Phi) is 3.04. The molecule has 7 heteroatoms. The van der Waals surface area contributed by atoms with E-state index >= 15 is 0 Å². The first-order valence-corrected chi connectivity index (χ1v) is 6.68. The van der Waals surface area contributed by atoms with Gasteiger partial charge in [0.1, 0.15) is 5.82 Å². The predicted molar refractivity (Wildman–Crippen MR) is 81.4 cm³/mol. The molecular weight excluding hydrogens is 270 g/mol. The van der Waals surface area contributed by atoms with Crippen LogP contribution < -0.4 is 15.5 Å². The van der Waals surface area contributed by atoms with Gasteiger partial charge in [-0.2, -0.15) is 0 Å². The predicted octanol–water partition coefficient (Wildman–Crippen LogP) is 2.33. The fourth-order valence-corrected chi connectivity index (χ4v) is 2.29. The molecule has 3 rings (SSSR count). The summed E-state index contributed by atoms with van der Waals surface area (Å²) in [6, 6.07) is 3.95. The standard InChI is InChI=1S/C14H17N5O2.H2/c1-14(2)8-19(13(20)18-14)11-6-9(4-5-16-11)10-7-17-12(15-3)21-10;/h4-7H,8H2,1-3H3,(H,15,17)(H,18,20);1H. The molecule has 0 bridgehead atoms. The molecule has 0 saturated carbocycles. The third kappa shape index (κ3) is 2.54. The maximum absolute atomic E-state index is 12.0. The molecule has 0 unspecified atom stereocenters. The van der Waals surface area contributed by atoms with E-state index in [0.29, 0.717) is 24.1 Å². The van der Waals surface area contributed by atoms with Crippen LogP contribution in [-0.2, 0) is 0 Å². The van der Waals surface area contributed by atoms with Crippen LogP contribution in [0.15, 0.2) is 28.9 Å². The zero-order valence-electron chi connectivity index (χ0n) is 12.2. The monoisotopic (exact) mass is 289 g/mol. The average Bonchev–Trinajstić information content (AvgIpc) is 3.03. The van der Waals surface area contributed by atoms with Crippen molar-refractivity contribution in [1.29, 1.82) is 0 Å². The Bertz CT molecular complexity index is 685. The summed E-state index contributed by atoms with van der Waals surface area (Å²) < 4.78 is 5.54. The summed E-state index contributed by atoms with van der Waals surface area (Å²) in [5.41, 5.74) is 0.562. The number of nitrogens with zero attached hydrogens (tertiary/aromatic N) is 3. The molecule has 21 heavy (non-hydrogen) atoms. The summed E-state index contributed by atoms with van der Waals surface area (Å²) >= 11 is 0. The van der Waals surface area contributed by atoms with Crippen LogP contribution in [0, 0.1) is 0 Å². The van der Waals surface area contributed by atoms with E-state index in [4.69, 9.17) is 4.42 Å². The van der Waals surface area contributed by atoms with Crippen molar-refractivity contribution in [3.05, 3.63) is 24.5 Å². The van der Waals surface area contributed by atoms with Crippen LogP contribution in [0.4, 0.5) is 16.6 Å². The minimum absolute atomic E-state index is 0. The van der Waals surface area contributed by atoms with E-state index < -0.39 is 0 Å². The largest absolute Gasteiger partial charge is 0.424 e. The van der Waals surface area contributed by atoms with Gasteiger partial charge in [0, 0.05) is 20.2 Å². The molecule has 2 amide bonds. The van der Waals surface area contributed by atoms with Gasteiger partial charge in [0.25, 0.3) is 6.01 Å². The summed E-state index contributed by atoms with van der Waals surface area (Å²) in [5, 5.41) is 5.75. The van der Waals surface area contributed by atoms with Crippen LogP contribution in [0.3, 0.4) is 0 Å². The summed E-state index contributed by atoms with van der Waals surface area (Å²) in [7, 11) is 1.74. The molecule has 1 saturated heterocycles. The molecule has 0 atom stereocenters. The third-order valence-corrected chi connectivity index (χ3v) is 3.27. The first kappa shape index (κ1) is 13.4. The molecule has 2 N–H and O–H groups in total. The van der Waals surface area contributed by atoms with E-state index in [9.17, 15) is 4.79 Å². The number of pyridine rings is 1. The van der Waals surface area contributed by atoms with Gasteiger partial charge in [0.15, 0.2) is 5.76 Å². The van der Waals surface area contributed by atoms with Gasteiger partial charge in [-0.15, -0.1) is 0 Å². The lowest BCUT2D eigenvalue weighted by atomic mass is 10.1. The van der Waals surface area contributed by atoms with Gasteiger partial charge in [-0.1, -0.05) is 0 Å². The Morgan fingerprint density at radius 2 is 2.29 bits per heavy atom. The smallest absolute Gasteiger partial charge is 0.323 e. The van der Waals surface area contributed by atoms with Crippen molar-refractivity contribution in [2.45, 2.75) is 19.4 Å². The van der Waals surface area contributed by atoms with Crippen LogP contribution in [0.5, 0.6) is 0 Å². The number of hydrogen-bond acceptors (Lipinski definition) is 5. The third-order valence-electron chi connectivity index (χ3n) is 3.27. The Balaban J connectivity index is 0.00000176. The van der Waals surface area contributed by atoms with Gasteiger partial charge in [0.05, 0.1) is 18.3 Å². The lowest BCUT2D eigenvalue weighted by Gasteiger charge is -2.17. The first-order chi connectivity index (χ1) is 9.98. The maximum Gasteiger partial charge on any atom is 0.323 e. The van der Waals surface area contributed by atoms with E-state index in [1.807, 2.05) is 26.0 Å². The number of amides is 2. The van der Waals surface area contributed by atoms with Crippen LogP contribution in [0.1, 0.15) is 15.3 Å². The fraction of sp³-hybridized carbons (Fsp3) is 0.357. The number of oxazole rings is 1. The minimum Gasteiger partial charge on any atom is -0.424 e. The number of carbonyl (C=O) groups excluding carboxylic acids is 1. The lowest BCUT2D eigenvalue weighted by molar-refractivity contribution is 0.248. The van der Waals surface area contributed by atoms with Gasteiger partial charge >= 0.3 is 6.03 Å². The molecular formula is C14H19N5O2. The zero-order valence-corrected chi connectivity index (χ0v) is 12.2. The molecule has 0 radical (unpaired) electrons. The van der Waals surface area contributed by atoms with Crippen molar-refractivity contribution in [3.8, 4) is 11.3 Å². The summed E-state index contributed by atoms with van der Waals surface area (Å²) in [4.78, 5) is 22.0. The number of aromatic nitrogens is 2. The molecule has 3 heterocycles. The van der Waals surface area contributed by atoms with E-state index in [-0.39, 0.29) is 13.0 Å². The fourth-order valence-electron chi connectivity index (χ4n) is 2.29. The second-order valence-electron chi connectivity index (χ2n) is 5.58. The lowest BCUT2D eigenvalue weighted by Crippen LogP contribution is -2.36. The van der Waals surface area contributed by atoms with Crippen molar-refractivity contribution in [2.75, 3.05) is 23.8 Å². The van der Waals surface area contributed by atoms with Gasteiger partial charge in [-0.25, -0.2) is 14.8 Å². The molecule has 0 aromatic carbocycles. The highest BCUT2D eigenvalue weighted by atomic mass is 16.4. The first-order valence-electron chi connectivity index (χ1n) is 6.68. The van der Waals surface area contributed by atoms with E-state index in [1.165, 1.54) is 0 Å². The van der Waals surface area contributed by atoms with Crippen molar-refractivity contribution < 1.29 is 10.6 Å². The molecule has 0 aliphatic carbocycles. The zero-order chi connectivity index (χ0) is 15.0. The second kappa shape index (κ2) is 4.76. The SMILES string of the molecule is CNc1ncc(-c2ccnc(N3CC(C)(C)NC3=O)c2)o1.[HH]. The molecule has 1 aliphatic rings. The second-order valence-corrected chi connectivity index (χ2v) is 5.58. The number of rotatable bonds is 3. The molecule has 7 nitrogen and oxygen atoms in total. The molecule has 1 aliphatic heterocycles. The van der Waals surface area contributed by atoms with Gasteiger partial charge < -0.3 is 15.1 Å². The number of urea groups is 1. The Morgan fingerprint density at radius 3 is 2.90 bits per heavy atom. The maximum atomic E-state index is 12.0. The summed E-state index contributed by atoms with van der Waals surface area (Å²) in [6.45, 7) is 4.52. The number of nitrogens with one attached hydrogen (secondary N) is 2. The Morgan fingerprint density at radius 1 is 1.48 bits per heavy atom. The van der Waals surface area contributed by atoms with Crippen LogP contribution >= 0.6 is 0 Å². The number of anilines is 2. The van der Waals surface area contributed by atoms with Crippen LogP contribution in [-0.4, -0.2) is 35.1 Å². The normalized spacial score (nSPS) is 16.9. The van der Waals surface area contributed by atoms with Gasteiger partial charge in [-0.05, 0) is 26.0 Å². The molecule has 1 fully saturated rings. The highest BCUT2D eigenvalue weighted by molar-refractivity contribution is 5.94. The van der Waals surface area contributed by atoms with E-state index in [0.717, 1.165) is 5.56 Å². The van der Waals surface area contributed by atoms with Crippen molar-refractivity contribution >= 4 is 17.9 Å². The van der Waals surface area contributed by atoms with Crippen LogP contribution in [0.25, 0.3) is 11.3 Å². The highest BCUT2D eigenvalue weighted by Gasteiger charge is 2.36. The van der Waals surface area contributed by atoms with Crippen LogP contribution in [0.2, 0.25) is 0 Å². The van der Waals surface area contributed by atoms with Gasteiger partial charge in [-0.3, -0.25) is 4.90 Å². The van der Waals surface area contributed by atoms with E-state index in [1.54, 1.807) is 24.3 Å².